The zero-order valence-corrected chi connectivity index (χ0v) is 12.3. The van der Waals surface area contributed by atoms with Crippen molar-refractivity contribution in [2.24, 2.45) is 0 Å². The van der Waals surface area contributed by atoms with Gasteiger partial charge in [-0.1, -0.05) is 0 Å². The molecule has 1 aliphatic heterocycles. The summed E-state index contributed by atoms with van der Waals surface area (Å²) in [5.41, 5.74) is -0.794. The lowest BCUT2D eigenvalue weighted by Gasteiger charge is -2.39. The van der Waals surface area contributed by atoms with E-state index in [-0.39, 0.29) is 36.1 Å². The van der Waals surface area contributed by atoms with Gasteiger partial charge in [0.05, 0.1) is 30.9 Å². The monoisotopic (exact) mass is 354 g/mol. The Morgan fingerprint density at radius 1 is 1.55 bits per heavy atom. The molecule has 8 heteroatoms. The zero-order chi connectivity index (χ0) is 14.9. The summed E-state index contributed by atoms with van der Waals surface area (Å²) in [6.07, 6.45) is -3.66. The molecule has 1 aromatic rings. The van der Waals surface area contributed by atoms with Gasteiger partial charge >= 0.3 is 6.18 Å². The molecule has 1 aromatic heterocycles. The fourth-order valence-electron chi connectivity index (χ4n) is 2.09. The van der Waals surface area contributed by atoms with Crippen LogP contribution in [0.15, 0.2) is 16.7 Å². The summed E-state index contributed by atoms with van der Waals surface area (Å²) in [6, 6.07) is 0.769. The van der Waals surface area contributed by atoms with Crippen LogP contribution in [-0.4, -0.2) is 42.0 Å². The van der Waals surface area contributed by atoms with Crippen LogP contribution in [0.25, 0.3) is 0 Å². The SMILES string of the molecule is CC1COC(CO)CN1c1ncc(Br)cc1C(F)(F)F. The van der Waals surface area contributed by atoms with E-state index in [1.54, 1.807) is 6.92 Å². The number of aliphatic hydroxyl groups excluding tert-OH is 1. The first-order valence-corrected chi connectivity index (χ1v) is 6.84. The van der Waals surface area contributed by atoms with Gasteiger partial charge in [-0.2, -0.15) is 13.2 Å². The quantitative estimate of drug-likeness (QED) is 0.885. The topological polar surface area (TPSA) is 45.6 Å². The third-order valence-electron chi connectivity index (χ3n) is 3.12. The molecule has 2 rings (SSSR count). The standard InChI is InChI=1S/C12H14BrF3N2O2/c1-7-6-20-9(5-19)4-18(7)11-10(12(14,15)16)2-8(13)3-17-11/h2-3,7,9,19H,4-6H2,1H3. The molecule has 0 aliphatic carbocycles. The molecule has 0 bridgehead atoms. The van der Waals surface area contributed by atoms with Crippen molar-refractivity contribution in [2.45, 2.75) is 25.2 Å². The second kappa shape index (κ2) is 5.87. The van der Waals surface area contributed by atoms with Crippen LogP contribution in [0.4, 0.5) is 19.0 Å². The molecule has 112 valence electrons. The van der Waals surface area contributed by atoms with E-state index in [1.807, 2.05) is 0 Å². The summed E-state index contributed by atoms with van der Waals surface area (Å²) in [6.45, 7) is 1.95. The first kappa shape index (κ1) is 15.5. The van der Waals surface area contributed by atoms with E-state index in [1.165, 1.54) is 11.1 Å². The highest BCUT2D eigenvalue weighted by molar-refractivity contribution is 9.10. The number of aromatic nitrogens is 1. The Labute approximate surface area is 122 Å². The molecule has 0 saturated carbocycles. The molecule has 0 radical (unpaired) electrons. The predicted molar refractivity (Wildman–Crippen MR) is 70.6 cm³/mol. The van der Waals surface area contributed by atoms with Crippen molar-refractivity contribution in [3.63, 3.8) is 0 Å². The Kier molecular flexibility index (Phi) is 4.55. The minimum absolute atomic E-state index is 0.130. The van der Waals surface area contributed by atoms with Gasteiger partial charge in [-0.3, -0.25) is 0 Å². The largest absolute Gasteiger partial charge is 0.419 e. The van der Waals surface area contributed by atoms with Crippen LogP contribution in [0.5, 0.6) is 0 Å². The molecule has 0 aromatic carbocycles. The van der Waals surface area contributed by atoms with E-state index >= 15 is 0 Å². The average Bonchev–Trinajstić information content (AvgIpc) is 2.38. The molecular weight excluding hydrogens is 341 g/mol. The van der Waals surface area contributed by atoms with Gasteiger partial charge in [0.15, 0.2) is 0 Å². The third kappa shape index (κ3) is 3.24. The maximum Gasteiger partial charge on any atom is 0.419 e. The van der Waals surface area contributed by atoms with E-state index in [0.29, 0.717) is 0 Å². The molecule has 1 saturated heterocycles. The van der Waals surface area contributed by atoms with Crippen molar-refractivity contribution >= 4 is 21.7 Å². The number of rotatable bonds is 2. The normalized spacial score (nSPS) is 24.0. The number of anilines is 1. The second-order valence-corrected chi connectivity index (χ2v) is 5.58. The first-order chi connectivity index (χ1) is 9.32. The zero-order valence-electron chi connectivity index (χ0n) is 10.7. The first-order valence-electron chi connectivity index (χ1n) is 6.04. The van der Waals surface area contributed by atoms with Gasteiger partial charge in [0, 0.05) is 17.2 Å². The van der Waals surface area contributed by atoms with E-state index < -0.39 is 17.8 Å². The molecule has 4 nitrogen and oxygen atoms in total. The van der Waals surface area contributed by atoms with E-state index in [4.69, 9.17) is 9.84 Å². The second-order valence-electron chi connectivity index (χ2n) is 4.66. The minimum Gasteiger partial charge on any atom is -0.394 e. The van der Waals surface area contributed by atoms with Crippen LogP contribution in [0.3, 0.4) is 0 Å². The molecule has 1 aliphatic rings. The van der Waals surface area contributed by atoms with Crippen molar-refractivity contribution in [3.8, 4) is 0 Å². The lowest BCUT2D eigenvalue weighted by atomic mass is 10.1. The lowest BCUT2D eigenvalue weighted by Crippen LogP contribution is -2.50. The van der Waals surface area contributed by atoms with Gasteiger partial charge in [-0.05, 0) is 28.9 Å². The third-order valence-corrected chi connectivity index (χ3v) is 3.55. The summed E-state index contributed by atoms with van der Waals surface area (Å²) in [5.74, 6) is -0.130. The number of pyridine rings is 1. The van der Waals surface area contributed by atoms with Crippen LogP contribution >= 0.6 is 15.9 Å². The molecule has 0 spiro atoms. The molecule has 2 heterocycles. The number of hydrogen-bond acceptors (Lipinski definition) is 4. The Morgan fingerprint density at radius 3 is 2.85 bits per heavy atom. The number of halogens is 4. The molecule has 1 N–H and O–H groups in total. The predicted octanol–water partition coefficient (Wildman–Crippen LogP) is 2.45. The highest BCUT2D eigenvalue weighted by atomic mass is 79.9. The van der Waals surface area contributed by atoms with E-state index in [9.17, 15) is 13.2 Å². The summed E-state index contributed by atoms with van der Waals surface area (Å²) >= 11 is 3.01. The van der Waals surface area contributed by atoms with Crippen molar-refractivity contribution in [1.82, 2.24) is 4.98 Å². The van der Waals surface area contributed by atoms with Crippen LogP contribution < -0.4 is 4.90 Å². The van der Waals surface area contributed by atoms with Gasteiger partial charge in [-0.25, -0.2) is 4.98 Å². The average molecular weight is 355 g/mol. The van der Waals surface area contributed by atoms with Crippen molar-refractivity contribution in [2.75, 3.05) is 24.7 Å². The van der Waals surface area contributed by atoms with E-state index in [2.05, 4.69) is 20.9 Å². The summed E-state index contributed by atoms with van der Waals surface area (Å²) in [4.78, 5) is 5.44. The Hall–Kier alpha value is -0.860. The summed E-state index contributed by atoms with van der Waals surface area (Å²) < 4.78 is 45.0. The van der Waals surface area contributed by atoms with Crippen LogP contribution in [0, 0.1) is 0 Å². The van der Waals surface area contributed by atoms with E-state index in [0.717, 1.165) is 6.07 Å². The van der Waals surface area contributed by atoms with Crippen LogP contribution in [0.1, 0.15) is 12.5 Å². The molecule has 2 unspecified atom stereocenters. The lowest BCUT2D eigenvalue weighted by molar-refractivity contribution is -0.137. The summed E-state index contributed by atoms with van der Waals surface area (Å²) in [5, 5.41) is 9.11. The van der Waals surface area contributed by atoms with Gasteiger partial charge in [0.2, 0.25) is 0 Å². The fourth-order valence-corrected chi connectivity index (χ4v) is 2.42. The van der Waals surface area contributed by atoms with Gasteiger partial charge in [0.1, 0.15) is 5.82 Å². The maximum atomic E-state index is 13.1. The van der Waals surface area contributed by atoms with Crippen molar-refractivity contribution < 1.29 is 23.0 Å². The molecule has 20 heavy (non-hydrogen) atoms. The molecule has 1 fully saturated rings. The molecule has 0 amide bonds. The number of aliphatic hydroxyl groups is 1. The van der Waals surface area contributed by atoms with Crippen molar-refractivity contribution in [1.29, 1.82) is 0 Å². The number of hydrogen-bond donors (Lipinski definition) is 1. The molecular formula is C12H14BrF3N2O2. The maximum absolute atomic E-state index is 13.1. The number of alkyl halides is 3. The fraction of sp³-hybridized carbons (Fsp3) is 0.583. The molecule has 2 atom stereocenters. The Balaban J connectivity index is 2.40. The summed E-state index contributed by atoms with van der Waals surface area (Å²) in [7, 11) is 0. The van der Waals surface area contributed by atoms with Gasteiger partial charge in [0.25, 0.3) is 0 Å². The smallest absolute Gasteiger partial charge is 0.394 e. The van der Waals surface area contributed by atoms with Crippen LogP contribution in [-0.2, 0) is 10.9 Å². The Morgan fingerprint density at radius 2 is 2.25 bits per heavy atom. The highest BCUT2D eigenvalue weighted by Crippen LogP contribution is 2.38. The number of nitrogens with zero attached hydrogens (tertiary/aromatic N) is 2. The van der Waals surface area contributed by atoms with Crippen LogP contribution in [0.2, 0.25) is 0 Å². The minimum atomic E-state index is -4.49. The van der Waals surface area contributed by atoms with Gasteiger partial charge in [-0.15, -0.1) is 0 Å². The Bertz CT molecular complexity index is 484. The highest BCUT2D eigenvalue weighted by Gasteiger charge is 2.38. The number of morpholine rings is 1. The number of ether oxygens (including phenoxy) is 1. The van der Waals surface area contributed by atoms with Crippen molar-refractivity contribution in [3.05, 3.63) is 22.3 Å². The van der Waals surface area contributed by atoms with Gasteiger partial charge < -0.3 is 14.7 Å².